The smallest absolute Gasteiger partial charge is 0 e. The van der Waals surface area contributed by atoms with E-state index < -0.39 is 0 Å². The molecule has 0 saturated carbocycles. The maximum absolute atomic E-state index is 4.05. The Balaban J connectivity index is -0.000000245. The molecule has 0 aliphatic heterocycles. The second-order valence-corrected chi connectivity index (χ2v) is 1.82. The first-order valence-corrected chi connectivity index (χ1v) is 2.90. The zero-order valence-electron chi connectivity index (χ0n) is 6.75. The van der Waals surface area contributed by atoms with E-state index in [4.69, 9.17) is 0 Å². The van der Waals surface area contributed by atoms with Gasteiger partial charge >= 0.3 is 0 Å². The first kappa shape index (κ1) is 17.8. The molecule has 1 nitrogen and oxygen atoms in total. The molecule has 0 bridgehead atoms. The predicted molar refractivity (Wildman–Crippen MR) is 37.9 cm³/mol. The van der Waals surface area contributed by atoms with Crippen molar-refractivity contribution in [1.29, 1.82) is 0 Å². The van der Waals surface area contributed by atoms with Crippen molar-refractivity contribution in [3.05, 3.63) is 13.3 Å². The van der Waals surface area contributed by atoms with Crippen LogP contribution in [0.2, 0.25) is 0 Å². The number of unbranched alkanes of at least 4 members (excludes halogenated alkanes) is 1. The molecule has 0 heterocycles. The maximum Gasteiger partial charge on any atom is 0 e. The topological polar surface area (TPSA) is 12.4 Å². The van der Waals surface area contributed by atoms with Crippen LogP contribution in [0.3, 0.4) is 0 Å². The van der Waals surface area contributed by atoms with Crippen LogP contribution >= 0.6 is 0 Å². The molecule has 0 unspecified atom stereocenters. The van der Waals surface area contributed by atoms with E-state index in [9.17, 15) is 0 Å². The first-order chi connectivity index (χ1) is 3.77. The fourth-order valence-electron chi connectivity index (χ4n) is 0.346. The van der Waals surface area contributed by atoms with Crippen LogP contribution in [0.5, 0.6) is 0 Å². The van der Waals surface area contributed by atoms with Crippen molar-refractivity contribution >= 4 is 6.21 Å². The Morgan fingerprint density at radius 2 is 2.10 bits per heavy atom. The van der Waals surface area contributed by atoms with E-state index in [0.717, 1.165) is 6.42 Å². The second-order valence-electron chi connectivity index (χ2n) is 1.82. The van der Waals surface area contributed by atoms with Gasteiger partial charge in [0.05, 0.1) is 0 Å². The number of nitrogens with zero attached hydrogens (tertiary/aromatic N) is 1. The molecule has 0 rings (SSSR count). The summed E-state index contributed by atoms with van der Waals surface area (Å²) in [7, 11) is 0. The Kier molecular flexibility index (Phi) is 24.0. The third-order valence-electron chi connectivity index (χ3n) is 0.701. The normalized spacial score (nSPS) is 11.9. The van der Waals surface area contributed by atoms with Gasteiger partial charge in [-0.15, -0.1) is 6.42 Å². The molecule has 10 heavy (non-hydrogen) atoms. The van der Waals surface area contributed by atoms with E-state index >= 15 is 0 Å². The van der Waals surface area contributed by atoms with Crippen LogP contribution in [0.1, 0.15) is 20.3 Å². The molecule has 0 aromatic rings. The molecule has 1 atom stereocenters. The van der Waals surface area contributed by atoms with Crippen LogP contribution in [0.4, 0.5) is 0 Å². The molecular weight excluding hydrogens is 276 g/mol. The van der Waals surface area contributed by atoms with Gasteiger partial charge in [-0.05, 0) is 6.21 Å². The van der Waals surface area contributed by atoms with Gasteiger partial charge in [0, 0.05) is 65.4 Å². The van der Waals surface area contributed by atoms with Crippen molar-refractivity contribution in [2.45, 2.75) is 26.3 Å². The molecule has 0 amide bonds. The molecule has 54 valence electrons. The number of rotatable bonds is 3. The minimum Gasteiger partial charge on any atom is -0.330 e. The zero-order valence-corrected chi connectivity index (χ0v) is 12.4. The van der Waals surface area contributed by atoms with Crippen molar-refractivity contribution in [1.82, 2.24) is 0 Å². The van der Waals surface area contributed by atoms with Gasteiger partial charge in [-0.1, -0.05) is 13.0 Å². The van der Waals surface area contributed by atoms with E-state index in [2.05, 4.69) is 18.3 Å². The summed E-state index contributed by atoms with van der Waals surface area (Å²) in [6, 6.07) is 0.204. The van der Waals surface area contributed by atoms with E-state index in [1.165, 1.54) is 0 Å². The fraction of sp³-hybridized carbons (Fsp3) is 0.571. The summed E-state index contributed by atoms with van der Waals surface area (Å²) in [6.45, 7) is 7.68. The molecule has 0 aromatic carbocycles. The van der Waals surface area contributed by atoms with Gasteiger partial charge in [0.25, 0.3) is 0 Å². The van der Waals surface area contributed by atoms with Gasteiger partial charge < -0.3 is 18.3 Å². The molecule has 2 radical (unpaired) electrons. The van der Waals surface area contributed by atoms with Crippen LogP contribution in [0, 0.1) is 13.3 Å². The van der Waals surface area contributed by atoms with Crippen LogP contribution in [-0.2, 0) is 65.4 Å². The number of aliphatic imine (C=N–C) groups is 1. The summed E-state index contributed by atoms with van der Waals surface area (Å²) < 4.78 is 0. The van der Waals surface area contributed by atoms with Gasteiger partial charge in [0.1, 0.15) is 0 Å². The van der Waals surface area contributed by atoms with Gasteiger partial charge in [-0.2, -0.15) is 6.92 Å². The Labute approximate surface area is 115 Å². The molecule has 0 N–H and O–H groups in total. The Bertz CT molecular complexity index is 72.0. The average molecular weight is 289 g/mol. The van der Waals surface area contributed by atoms with Gasteiger partial charge in [0.2, 0.25) is 0 Å². The third kappa shape index (κ3) is 16.5. The van der Waals surface area contributed by atoms with E-state index in [1.54, 1.807) is 0 Å². The van der Waals surface area contributed by atoms with Gasteiger partial charge in [-0.3, -0.25) is 0 Å². The molecule has 0 fully saturated rings. The van der Waals surface area contributed by atoms with Crippen molar-refractivity contribution in [3.63, 3.8) is 0 Å². The zero-order chi connectivity index (χ0) is 6.41. The molecule has 0 spiro atoms. The molecule has 0 aliphatic carbocycles. The minimum atomic E-state index is 0. The van der Waals surface area contributed by atoms with E-state index in [1.807, 2.05) is 20.1 Å². The summed E-state index contributed by atoms with van der Waals surface area (Å²) in [6.07, 6.45) is 4.91. The summed E-state index contributed by atoms with van der Waals surface area (Å²) in [5.74, 6) is 0. The summed E-state index contributed by atoms with van der Waals surface area (Å²) in [4.78, 5) is 4.05. The predicted octanol–water partition coefficient (Wildman–Crippen LogP) is 1.89. The maximum atomic E-state index is 4.05. The molecule has 0 aromatic heterocycles. The first-order valence-electron chi connectivity index (χ1n) is 2.90. The Morgan fingerprint density at radius 1 is 1.60 bits per heavy atom. The van der Waals surface area contributed by atoms with Crippen LogP contribution in [0.15, 0.2) is 4.99 Å². The van der Waals surface area contributed by atoms with Gasteiger partial charge in [0.15, 0.2) is 0 Å². The average Bonchev–Trinajstić information content (AvgIpc) is 1.66. The van der Waals surface area contributed by atoms with Crippen molar-refractivity contribution < 1.29 is 65.4 Å². The van der Waals surface area contributed by atoms with Gasteiger partial charge in [-0.25, -0.2) is 0 Å². The molecule has 3 heteroatoms. The van der Waals surface area contributed by atoms with Crippen molar-refractivity contribution in [3.8, 4) is 0 Å². The monoisotopic (exact) mass is 289 g/mol. The van der Waals surface area contributed by atoms with Crippen LogP contribution < -0.4 is 0 Å². The van der Waals surface area contributed by atoms with E-state index in [0.29, 0.717) is 0 Å². The standard InChI is InChI=1S/C7H13N.2Y/c1-4-5-6-8-7(2)3;;/h4,6-7H,2,5H2,1,3H3;;/q-2;;/t7-;;/m1../s1. The summed E-state index contributed by atoms with van der Waals surface area (Å²) in [5, 5.41) is 0. The quantitative estimate of drug-likeness (QED) is 0.556. The van der Waals surface area contributed by atoms with Crippen molar-refractivity contribution in [2.24, 2.45) is 4.99 Å². The number of hydrogen-bond acceptors (Lipinski definition) is 1. The fourth-order valence-corrected chi connectivity index (χ4v) is 0.346. The Morgan fingerprint density at radius 3 is 2.40 bits per heavy atom. The Hall–Kier alpha value is 1.88. The largest absolute Gasteiger partial charge is 0.330 e. The molecule has 0 saturated heterocycles. The van der Waals surface area contributed by atoms with E-state index in [-0.39, 0.29) is 71.5 Å². The SMILES string of the molecule is [CH2-][C@H](C)N=CC[CH-]C.[Y].[Y]. The minimum absolute atomic E-state index is 0. The van der Waals surface area contributed by atoms with Crippen LogP contribution in [-0.4, -0.2) is 12.3 Å². The summed E-state index contributed by atoms with van der Waals surface area (Å²) in [5.41, 5.74) is 0. The van der Waals surface area contributed by atoms with Crippen molar-refractivity contribution in [2.75, 3.05) is 0 Å². The molecule has 0 aliphatic rings. The number of hydrogen-bond donors (Lipinski definition) is 0. The third-order valence-corrected chi connectivity index (χ3v) is 0.701. The van der Waals surface area contributed by atoms with Crippen LogP contribution in [0.25, 0.3) is 0 Å². The second kappa shape index (κ2) is 13.5. The molecular formula is C7H13NY2-2. The summed E-state index contributed by atoms with van der Waals surface area (Å²) >= 11 is 0.